The molecule has 1 rings (SSSR count). The van der Waals surface area contributed by atoms with Crippen molar-refractivity contribution < 1.29 is 5.11 Å². The molecule has 1 nitrogen and oxygen atoms in total. The number of hydrogen-bond donors (Lipinski definition) is 1. The van der Waals surface area contributed by atoms with E-state index in [4.69, 9.17) is 0 Å². The smallest absolute Gasteiger partial charge is 0.0853 e. The molecule has 2 unspecified atom stereocenters. The first-order chi connectivity index (χ1) is 6.37. The molecular weight excluding hydrogens is 172 g/mol. The Morgan fingerprint density at radius 1 is 1.50 bits per heavy atom. The first-order valence-corrected chi connectivity index (χ1v) is 5.73. The first-order valence-electron chi connectivity index (χ1n) is 5.73. The number of hydrogen-bond acceptors (Lipinski definition) is 1. The summed E-state index contributed by atoms with van der Waals surface area (Å²) in [5.74, 6) is 0.444. The van der Waals surface area contributed by atoms with Gasteiger partial charge in [-0.25, -0.2) is 0 Å². The second-order valence-corrected chi connectivity index (χ2v) is 5.88. The van der Waals surface area contributed by atoms with Crippen LogP contribution in [0, 0.1) is 11.3 Å². The van der Waals surface area contributed by atoms with E-state index in [1.807, 2.05) is 0 Å². The highest BCUT2D eigenvalue weighted by Crippen LogP contribution is 2.41. The van der Waals surface area contributed by atoms with Crippen molar-refractivity contribution in [3.63, 3.8) is 0 Å². The molecule has 1 aliphatic rings. The lowest BCUT2D eigenvalue weighted by Gasteiger charge is -2.29. The maximum Gasteiger partial charge on any atom is 0.0853 e. The number of rotatable bonds is 3. The maximum absolute atomic E-state index is 10.2. The summed E-state index contributed by atoms with van der Waals surface area (Å²) in [6.07, 6.45) is 7.30. The highest BCUT2D eigenvalue weighted by Gasteiger charge is 2.38. The van der Waals surface area contributed by atoms with Crippen molar-refractivity contribution in [2.24, 2.45) is 11.3 Å². The second kappa shape index (κ2) is 4.06. The molecule has 82 valence electrons. The van der Waals surface area contributed by atoms with Gasteiger partial charge in [0.2, 0.25) is 0 Å². The quantitative estimate of drug-likeness (QED) is 0.685. The van der Waals surface area contributed by atoms with Crippen LogP contribution in [0.1, 0.15) is 52.9 Å². The summed E-state index contributed by atoms with van der Waals surface area (Å²) < 4.78 is 0. The molecule has 0 spiro atoms. The van der Waals surface area contributed by atoms with Gasteiger partial charge in [0, 0.05) is 0 Å². The van der Waals surface area contributed by atoms with Gasteiger partial charge < -0.3 is 5.11 Å². The minimum atomic E-state index is -0.564. The lowest BCUT2D eigenvalue weighted by Crippen LogP contribution is -2.30. The van der Waals surface area contributed by atoms with Crippen molar-refractivity contribution in [2.45, 2.75) is 58.5 Å². The van der Waals surface area contributed by atoms with Crippen LogP contribution >= 0.6 is 0 Å². The monoisotopic (exact) mass is 196 g/mol. The minimum absolute atomic E-state index is 0.380. The molecule has 0 aromatic rings. The van der Waals surface area contributed by atoms with Gasteiger partial charge in [-0.3, -0.25) is 0 Å². The SMILES string of the molecule is C=CC1(O)CCCC1CCC(C)(C)C. The van der Waals surface area contributed by atoms with Crippen molar-refractivity contribution in [2.75, 3.05) is 0 Å². The van der Waals surface area contributed by atoms with Gasteiger partial charge in [-0.2, -0.15) is 0 Å². The Hall–Kier alpha value is -0.300. The van der Waals surface area contributed by atoms with E-state index in [0.29, 0.717) is 11.3 Å². The Kier molecular flexibility index (Phi) is 3.41. The zero-order valence-corrected chi connectivity index (χ0v) is 9.84. The average molecular weight is 196 g/mol. The van der Waals surface area contributed by atoms with Crippen molar-refractivity contribution in [1.29, 1.82) is 0 Å². The summed E-state index contributed by atoms with van der Waals surface area (Å²) in [6, 6.07) is 0. The van der Waals surface area contributed by atoms with Gasteiger partial charge >= 0.3 is 0 Å². The van der Waals surface area contributed by atoms with E-state index in [1.165, 1.54) is 12.8 Å². The minimum Gasteiger partial charge on any atom is -0.386 e. The Morgan fingerprint density at radius 3 is 2.64 bits per heavy atom. The Bertz CT molecular complexity index is 202. The third kappa shape index (κ3) is 2.84. The van der Waals surface area contributed by atoms with Crippen LogP contribution < -0.4 is 0 Å². The molecule has 1 heteroatoms. The predicted molar refractivity (Wildman–Crippen MR) is 61.2 cm³/mol. The van der Waals surface area contributed by atoms with Crippen molar-refractivity contribution >= 4 is 0 Å². The molecule has 0 heterocycles. The summed E-state index contributed by atoms with van der Waals surface area (Å²) in [5, 5.41) is 10.2. The third-order valence-corrected chi connectivity index (χ3v) is 3.43. The average Bonchev–Trinajstić information content (AvgIpc) is 2.43. The highest BCUT2D eigenvalue weighted by atomic mass is 16.3. The van der Waals surface area contributed by atoms with Crippen molar-refractivity contribution in [1.82, 2.24) is 0 Å². The van der Waals surface area contributed by atoms with Crippen LogP contribution in [-0.2, 0) is 0 Å². The third-order valence-electron chi connectivity index (χ3n) is 3.43. The maximum atomic E-state index is 10.2. The molecule has 0 aromatic carbocycles. The van der Waals surface area contributed by atoms with Crippen LogP contribution in [0.2, 0.25) is 0 Å². The fourth-order valence-electron chi connectivity index (χ4n) is 2.36. The van der Waals surface area contributed by atoms with E-state index in [1.54, 1.807) is 6.08 Å². The summed E-state index contributed by atoms with van der Waals surface area (Å²) in [4.78, 5) is 0. The second-order valence-electron chi connectivity index (χ2n) is 5.88. The topological polar surface area (TPSA) is 20.2 Å². The molecule has 2 atom stereocenters. The first kappa shape index (κ1) is 11.8. The molecule has 1 aliphatic carbocycles. The zero-order chi connectivity index (χ0) is 10.8. The number of aliphatic hydroxyl groups is 1. The molecule has 0 aliphatic heterocycles. The molecule has 0 amide bonds. The van der Waals surface area contributed by atoms with Crippen LogP contribution in [0.15, 0.2) is 12.7 Å². The molecule has 0 aromatic heterocycles. The van der Waals surface area contributed by atoms with E-state index < -0.39 is 5.60 Å². The van der Waals surface area contributed by atoms with Gasteiger partial charge in [-0.1, -0.05) is 26.8 Å². The normalized spacial score (nSPS) is 33.3. The Labute approximate surface area is 88.2 Å². The van der Waals surface area contributed by atoms with Crippen LogP contribution in [0.4, 0.5) is 0 Å². The molecule has 0 saturated heterocycles. The van der Waals surface area contributed by atoms with E-state index in [2.05, 4.69) is 27.4 Å². The lowest BCUT2D eigenvalue weighted by molar-refractivity contribution is 0.0429. The van der Waals surface area contributed by atoms with Gasteiger partial charge in [-0.05, 0) is 43.4 Å². The Balaban J connectivity index is 2.48. The lowest BCUT2D eigenvalue weighted by atomic mass is 9.81. The van der Waals surface area contributed by atoms with Gasteiger partial charge in [-0.15, -0.1) is 6.58 Å². The van der Waals surface area contributed by atoms with Gasteiger partial charge in [0.1, 0.15) is 0 Å². The highest BCUT2D eigenvalue weighted by molar-refractivity contribution is 5.04. The zero-order valence-electron chi connectivity index (χ0n) is 9.84. The fourth-order valence-corrected chi connectivity index (χ4v) is 2.36. The largest absolute Gasteiger partial charge is 0.386 e. The van der Waals surface area contributed by atoms with Crippen molar-refractivity contribution in [3.8, 4) is 0 Å². The summed E-state index contributed by atoms with van der Waals surface area (Å²) in [7, 11) is 0. The summed E-state index contributed by atoms with van der Waals surface area (Å²) in [6.45, 7) is 10.5. The van der Waals surface area contributed by atoms with Crippen molar-refractivity contribution in [3.05, 3.63) is 12.7 Å². The molecule has 0 radical (unpaired) electrons. The standard InChI is InChI=1S/C13H24O/c1-5-13(14)9-6-7-11(13)8-10-12(2,3)4/h5,11,14H,1,6-10H2,2-4H3. The molecular formula is C13H24O. The molecule has 14 heavy (non-hydrogen) atoms. The molecule has 1 fully saturated rings. The molecule has 1 saturated carbocycles. The van der Waals surface area contributed by atoms with E-state index in [-0.39, 0.29) is 0 Å². The van der Waals surface area contributed by atoms with Crippen LogP contribution in [-0.4, -0.2) is 10.7 Å². The summed E-state index contributed by atoms with van der Waals surface area (Å²) >= 11 is 0. The molecule has 0 bridgehead atoms. The summed E-state index contributed by atoms with van der Waals surface area (Å²) in [5.41, 5.74) is -0.185. The predicted octanol–water partition coefficient (Wildman–Crippen LogP) is 3.53. The fraction of sp³-hybridized carbons (Fsp3) is 0.846. The van der Waals surface area contributed by atoms with E-state index in [9.17, 15) is 5.11 Å². The van der Waals surface area contributed by atoms with Gasteiger partial charge in [0.15, 0.2) is 0 Å². The molecule has 1 N–H and O–H groups in total. The van der Waals surface area contributed by atoms with E-state index in [0.717, 1.165) is 19.3 Å². The van der Waals surface area contributed by atoms with Crippen LogP contribution in [0.25, 0.3) is 0 Å². The van der Waals surface area contributed by atoms with Gasteiger partial charge in [0.25, 0.3) is 0 Å². The van der Waals surface area contributed by atoms with Gasteiger partial charge in [0.05, 0.1) is 5.60 Å². The van der Waals surface area contributed by atoms with Crippen LogP contribution in [0.5, 0.6) is 0 Å². The Morgan fingerprint density at radius 2 is 2.14 bits per heavy atom. The van der Waals surface area contributed by atoms with E-state index >= 15 is 0 Å². The van der Waals surface area contributed by atoms with Crippen LogP contribution in [0.3, 0.4) is 0 Å².